The number of carbonyl (C=O) groups excluding carboxylic acids is 2. The Balaban J connectivity index is 0.000000653. The van der Waals surface area contributed by atoms with Gasteiger partial charge in [0.2, 0.25) is 6.41 Å². The molecule has 0 radical (unpaired) electrons. The van der Waals surface area contributed by atoms with Crippen molar-refractivity contribution in [2.24, 2.45) is 5.92 Å². The molecule has 1 atom stereocenters. The SMILES string of the molecule is CC.CC(C)(C)OC(=O)CNC=O.CC(C)C(C)NCC1c2ccccc2-c2ccccc21.O=CO. The number of carboxylic acid groups (broad SMARTS) is 1. The number of hydrogen-bond acceptors (Lipinski definition) is 5. The van der Waals surface area contributed by atoms with Crippen molar-refractivity contribution in [1.29, 1.82) is 0 Å². The van der Waals surface area contributed by atoms with Gasteiger partial charge in [-0.2, -0.15) is 0 Å². The summed E-state index contributed by atoms with van der Waals surface area (Å²) in [4.78, 5) is 28.9. The summed E-state index contributed by atoms with van der Waals surface area (Å²) in [5.41, 5.74) is 5.27. The Morgan fingerprint density at radius 1 is 0.972 bits per heavy atom. The summed E-state index contributed by atoms with van der Waals surface area (Å²) in [7, 11) is 0. The van der Waals surface area contributed by atoms with E-state index in [1.807, 2.05) is 13.8 Å². The molecule has 36 heavy (non-hydrogen) atoms. The molecule has 0 aromatic heterocycles. The van der Waals surface area contributed by atoms with E-state index in [0.29, 0.717) is 24.3 Å². The van der Waals surface area contributed by atoms with Gasteiger partial charge in [-0.3, -0.25) is 14.4 Å². The summed E-state index contributed by atoms with van der Waals surface area (Å²) in [5.74, 6) is 0.732. The minimum absolute atomic E-state index is 0.0687. The highest BCUT2D eigenvalue weighted by Gasteiger charge is 2.28. The molecule has 2 aromatic rings. The largest absolute Gasteiger partial charge is 0.483 e. The van der Waals surface area contributed by atoms with Crippen molar-refractivity contribution in [3.05, 3.63) is 59.7 Å². The Hall–Kier alpha value is -3.19. The topological polar surface area (TPSA) is 105 Å². The number of ether oxygens (including phenoxy) is 1. The first-order valence-electron chi connectivity index (χ1n) is 12.4. The Morgan fingerprint density at radius 2 is 1.42 bits per heavy atom. The molecule has 1 amide bonds. The fourth-order valence-electron chi connectivity index (χ4n) is 3.52. The fraction of sp³-hybridized carbons (Fsp3) is 0.483. The molecule has 7 heteroatoms. The van der Waals surface area contributed by atoms with Crippen LogP contribution in [0.15, 0.2) is 48.5 Å². The fourth-order valence-corrected chi connectivity index (χ4v) is 3.52. The van der Waals surface area contributed by atoms with Crippen LogP contribution in [0.25, 0.3) is 11.1 Å². The van der Waals surface area contributed by atoms with Gasteiger partial charge >= 0.3 is 5.97 Å². The average Bonchev–Trinajstić information content (AvgIpc) is 3.16. The smallest absolute Gasteiger partial charge is 0.325 e. The standard InChI is InChI=1S/C19H23N.C7H13NO3.C2H6.CH2O2/c1-13(2)14(3)20-12-19-17-10-6-4-8-15(17)16-9-5-7-11-18(16)19;1-7(2,3)11-6(10)4-8-5-9;1-2;2-1-3/h4-11,13-14,19-20H,12H2,1-3H3;5H,4H2,1-3H3,(H,8,9);1-2H3;1H,(H,2,3). The minimum Gasteiger partial charge on any atom is -0.483 e. The Bertz CT molecular complexity index is 876. The van der Waals surface area contributed by atoms with Gasteiger partial charge in [-0.15, -0.1) is 0 Å². The number of amides is 1. The molecular formula is C29H44N2O5. The maximum absolute atomic E-state index is 10.8. The van der Waals surface area contributed by atoms with Crippen LogP contribution < -0.4 is 10.6 Å². The molecule has 3 N–H and O–H groups in total. The predicted molar refractivity (Wildman–Crippen MR) is 146 cm³/mol. The molecule has 200 valence electrons. The molecule has 7 nitrogen and oxygen atoms in total. The lowest BCUT2D eigenvalue weighted by Gasteiger charge is -2.21. The van der Waals surface area contributed by atoms with Crippen molar-refractivity contribution in [3.63, 3.8) is 0 Å². The molecule has 0 saturated carbocycles. The van der Waals surface area contributed by atoms with E-state index in [1.165, 1.54) is 22.3 Å². The van der Waals surface area contributed by atoms with E-state index in [-0.39, 0.29) is 13.0 Å². The van der Waals surface area contributed by atoms with Crippen LogP contribution in [-0.2, 0) is 19.1 Å². The van der Waals surface area contributed by atoms with Crippen LogP contribution in [0, 0.1) is 5.92 Å². The molecule has 0 aliphatic heterocycles. The van der Waals surface area contributed by atoms with Crippen molar-refractivity contribution < 1.29 is 24.2 Å². The Morgan fingerprint density at radius 3 is 1.81 bits per heavy atom. The van der Waals surface area contributed by atoms with Crippen LogP contribution in [-0.4, -0.2) is 48.7 Å². The molecule has 1 aliphatic carbocycles. The van der Waals surface area contributed by atoms with Gasteiger partial charge < -0.3 is 20.5 Å². The zero-order chi connectivity index (χ0) is 27.7. The molecule has 0 spiro atoms. The van der Waals surface area contributed by atoms with Crippen LogP contribution >= 0.6 is 0 Å². The number of hydrogen-bond donors (Lipinski definition) is 3. The van der Waals surface area contributed by atoms with E-state index >= 15 is 0 Å². The molecular weight excluding hydrogens is 456 g/mol. The zero-order valence-corrected chi connectivity index (χ0v) is 23.0. The van der Waals surface area contributed by atoms with Gasteiger partial charge in [0.15, 0.2) is 0 Å². The third kappa shape index (κ3) is 11.5. The molecule has 3 rings (SSSR count). The number of fused-ring (bicyclic) bond motifs is 3. The van der Waals surface area contributed by atoms with Crippen molar-refractivity contribution in [1.82, 2.24) is 10.6 Å². The molecule has 1 aliphatic rings. The zero-order valence-electron chi connectivity index (χ0n) is 23.0. The lowest BCUT2D eigenvalue weighted by atomic mass is 9.96. The molecule has 2 aromatic carbocycles. The average molecular weight is 501 g/mol. The predicted octanol–water partition coefficient (Wildman–Crippen LogP) is 5.23. The minimum atomic E-state index is -0.484. The summed E-state index contributed by atoms with van der Waals surface area (Å²) in [6, 6.07) is 18.2. The van der Waals surface area contributed by atoms with Gasteiger partial charge in [0.05, 0.1) is 0 Å². The van der Waals surface area contributed by atoms with Gasteiger partial charge in [-0.25, -0.2) is 0 Å². The van der Waals surface area contributed by atoms with Crippen molar-refractivity contribution in [2.75, 3.05) is 13.1 Å². The third-order valence-electron chi connectivity index (χ3n) is 5.36. The Labute approximate surface area is 216 Å². The van der Waals surface area contributed by atoms with Crippen molar-refractivity contribution in [3.8, 4) is 11.1 Å². The van der Waals surface area contributed by atoms with Crippen LogP contribution in [0.2, 0.25) is 0 Å². The summed E-state index contributed by atoms with van der Waals surface area (Å²) in [6.07, 6.45) is 0.462. The second-order valence-corrected chi connectivity index (χ2v) is 9.36. The monoisotopic (exact) mass is 500 g/mol. The lowest BCUT2D eigenvalue weighted by Crippen LogP contribution is -2.34. The van der Waals surface area contributed by atoms with E-state index in [1.54, 1.807) is 20.8 Å². The number of benzene rings is 2. The second kappa shape index (κ2) is 17.3. The first kappa shape index (κ1) is 32.8. The maximum Gasteiger partial charge on any atom is 0.325 e. The van der Waals surface area contributed by atoms with E-state index in [4.69, 9.17) is 14.6 Å². The van der Waals surface area contributed by atoms with Crippen LogP contribution in [0.3, 0.4) is 0 Å². The molecule has 0 saturated heterocycles. The quantitative estimate of drug-likeness (QED) is 0.355. The molecule has 1 unspecified atom stereocenters. The summed E-state index contributed by atoms with van der Waals surface area (Å²) < 4.78 is 4.88. The number of carbonyl (C=O) groups is 3. The van der Waals surface area contributed by atoms with E-state index in [0.717, 1.165) is 6.54 Å². The highest BCUT2D eigenvalue weighted by molar-refractivity contribution is 5.78. The van der Waals surface area contributed by atoms with E-state index in [9.17, 15) is 9.59 Å². The summed E-state index contributed by atoms with van der Waals surface area (Å²) >= 11 is 0. The number of rotatable bonds is 7. The van der Waals surface area contributed by atoms with Gasteiger partial charge in [0, 0.05) is 18.5 Å². The van der Waals surface area contributed by atoms with Crippen LogP contribution in [0.1, 0.15) is 72.4 Å². The van der Waals surface area contributed by atoms with Gasteiger partial charge in [-0.1, -0.05) is 76.2 Å². The van der Waals surface area contributed by atoms with E-state index in [2.05, 4.69) is 79.9 Å². The summed E-state index contributed by atoms with van der Waals surface area (Å²) in [5, 5.41) is 12.8. The van der Waals surface area contributed by atoms with Gasteiger partial charge in [-0.05, 0) is 55.9 Å². The molecule has 0 fully saturated rings. The first-order valence-corrected chi connectivity index (χ1v) is 12.4. The van der Waals surface area contributed by atoms with Crippen LogP contribution in [0.4, 0.5) is 0 Å². The van der Waals surface area contributed by atoms with Gasteiger partial charge in [0.25, 0.3) is 6.47 Å². The number of nitrogens with one attached hydrogen (secondary N) is 2. The third-order valence-corrected chi connectivity index (χ3v) is 5.36. The first-order chi connectivity index (χ1) is 17.1. The molecule has 0 bridgehead atoms. The second-order valence-electron chi connectivity index (χ2n) is 9.36. The normalized spacial score (nSPS) is 12.1. The summed E-state index contributed by atoms with van der Waals surface area (Å²) in [6.45, 7) is 16.8. The highest BCUT2D eigenvalue weighted by atomic mass is 16.6. The van der Waals surface area contributed by atoms with Crippen molar-refractivity contribution >= 4 is 18.9 Å². The maximum atomic E-state index is 10.8. The Kier molecular flexibility index (Phi) is 15.7. The van der Waals surface area contributed by atoms with Crippen molar-refractivity contribution in [2.45, 2.75) is 73.0 Å². The van der Waals surface area contributed by atoms with Gasteiger partial charge in [0.1, 0.15) is 12.1 Å². The number of esters is 1. The van der Waals surface area contributed by atoms with E-state index < -0.39 is 11.6 Å². The lowest BCUT2D eigenvalue weighted by molar-refractivity contribution is -0.154. The molecule has 0 heterocycles. The van der Waals surface area contributed by atoms with Crippen LogP contribution in [0.5, 0.6) is 0 Å². The highest BCUT2D eigenvalue weighted by Crippen LogP contribution is 2.44.